The lowest BCUT2D eigenvalue weighted by Gasteiger charge is -1.57. The molecule has 4 heteroatoms. The minimum Gasteiger partial charge on any atom is -0.124 e. The molecule has 0 aliphatic heterocycles. The number of rotatable bonds is 0. The van der Waals surface area contributed by atoms with E-state index in [0.29, 0.717) is 0 Å². The minimum atomic E-state index is -2.36. The Morgan fingerprint density at radius 3 is 1.00 bits per heavy atom. The quantitative estimate of drug-likeness (QED) is 0.362. The summed E-state index contributed by atoms with van der Waals surface area (Å²) in [6.45, 7) is 0. The Labute approximate surface area is 26.5 Å². The highest BCUT2D eigenvalue weighted by molar-refractivity contribution is 7.80. The van der Waals surface area contributed by atoms with Crippen molar-refractivity contribution in [3.8, 4) is 0 Å². The Morgan fingerprint density at radius 2 is 1.00 bits per heavy atom. The smallest absolute Gasteiger partial charge is 0.124 e. The highest BCUT2D eigenvalue weighted by atomic mass is 32.3. The maximum Gasteiger partial charge on any atom is 0.499 e. The van der Waals surface area contributed by atoms with E-state index < -0.39 is 11.7 Å². The molecule has 0 amide bonds. The standard InChI is InChI=1S/H3O3S/c1-4(2)3/h1-3H/q+1. The van der Waals surface area contributed by atoms with Crippen LogP contribution < -0.4 is 0 Å². The van der Waals surface area contributed by atoms with Gasteiger partial charge < -0.3 is 0 Å². The van der Waals surface area contributed by atoms with Gasteiger partial charge in [0.05, 0.1) is 0 Å². The summed E-state index contributed by atoms with van der Waals surface area (Å²) >= 11 is -2.36. The van der Waals surface area contributed by atoms with Crippen LogP contribution in [0.3, 0.4) is 0 Å². The molecule has 0 aromatic rings. The van der Waals surface area contributed by atoms with Gasteiger partial charge in [0.2, 0.25) is 0 Å². The normalized spacial score (nSPS) is 9.00. The van der Waals surface area contributed by atoms with Crippen LogP contribution in [-0.2, 0) is 11.7 Å². The lowest BCUT2D eigenvalue weighted by atomic mass is 15.8. The fourth-order valence-electron chi connectivity index (χ4n) is 0. The maximum atomic E-state index is 7.19. The van der Waals surface area contributed by atoms with E-state index in [9.17, 15) is 0 Å². The van der Waals surface area contributed by atoms with Crippen LogP contribution in [0.2, 0.25) is 0 Å². The van der Waals surface area contributed by atoms with Gasteiger partial charge in [0, 0.05) is 0 Å². The molecular weight excluding hydrogens is 80.1 g/mol. The second-order valence-corrected chi connectivity index (χ2v) is 0.735. The van der Waals surface area contributed by atoms with Crippen LogP contribution >= 0.6 is 0 Å². The van der Waals surface area contributed by atoms with Crippen molar-refractivity contribution in [1.29, 1.82) is 0 Å². The zero-order valence-corrected chi connectivity index (χ0v) is 2.57. The first-order valence-electron chi connectivity index (χ1n) is 0.548. The molecule has 0 aromatic carbocycles. The molecule has 0 heterocycles. The molecule has 0 aliphatic rings. The first kappa shape index (κ1) is 4.23. The van der Waals surface area contributed by atoms with Gasteiger partial charge >= 0.3 is 11.7 Å². The van der Waals surface area contributed by atoms with Crippen LogP contribution in [0.25, 0.3) is 0 Å². The average Bonchev–Trinajstić information content (AvgIpc) is 0.811. The van der Waals surface area contributed by atoms with Crippen molar-refractivity contribution in [2.24, 2.45) is 0 Å². The minimum absolute atomic E-state index is 2.36. The maximum absolute atomic E-state index is 7.19. The summed E-state index contributed by atoms with van der Waals surface area (Å²) in [6.07, 6.45) is 0. The monoisotopic (exact) mass is 83.0 g/mol. The molecule has 26 valence electrons. The molecule has 0 saturated carbocycles. The second-order valence-electron chi connectivity index (χ2n) is 0.245. The van der Waals surface area contributed by atoms with Gasteiger partial charge in [-0.15, -0.1) is 13.7 Å². The van der Waals surface area contributed by atoms with Gasteiger partial charge in [-0.05, 0) is 0 Å². The molecule has 0 aromatic heterocycles. The van der Waals surface area contributed by atoms with Crippen molar-refractivity contribution in [3.05, 3.63) is 0 Å². The van der Waals surface area contributed by atoms with Gasteiger partial charge in [0.25, 0.3) is 0 Å². The average molecular weight is 83.1 g/mol. The van der Waals surface area contributed by atoms with Crippen molar-refractivity contribution in [3.63, 3.8) is 0 Å². The summed E-state index contributed by atoms with van der Waals surface area (Å²) in [5, 5.41) is 0. The second kappa shape index (κ2) is 1.54. The van der Waals surface area contributed by atoms with E-state index >= 15 is 0 Å². The van der Waals surface area contributed by atoms with Crippen LogP contribution in [0, 0.1) is 0 Å². The first-order chi connectivity index (χ1) is 1.73. The molecular formula is H3O3S+. The van der Waals surface area contributed by atoms with Crippen molar-refractivity contribution >= 4 is 11.7 Å². The number of hydrogen-bond donors (Lipinski definition) is 3. The lowest BCUT2D eigenvalue weighted by Crippen LogP contribution is -1.88. The molecule has 0 radical (unpaired) electrons. The molecule has 0 spiro atoms. The fourth-order valence-corrected chi connectivity index (χ4v) is 0. The summed E-state index contributed by atoms with van der Waals surface area (Å²) in [4.78, 5) is 0. The summed E-state index contributed by atoms with van der Waals surface area (Å²) in [5.74, 6) is 0. The van der Waals surface area contributed by atoms with Crippen molar-refractivity contribution in [2.45, 2.75) is 0 Å². The van der Waals surface area contributed by atoms with Crippen molar-refractivity contribution in [1.82, 2.24) is 0 Å². The Kier molecular flexibility index (Phi) is 1.63. The molecule has 0 unspecified atom stereocenters. The Morgan fingerprint density at radius 1 is 1.00 bits per heavy atom. The van der Waals surface area contributed by atoms with Gasteiger partial charge in [-0.2, -0.15) is 0 Å². The van der Waals surface area contributed by atoms with Crippen LogP contribution in [0.1, 0.15) is 0 Å². The third-order valence-electron chi connectivity index (χ3n) is 0. The molecule has 0 saturated heterocycles. The van der Waals surface area contributed by atoms with E-state index in [4.69, 9.17) is 13.7 Å². The Hall–Kier alpha value is 0.230. The highest BCUT2D eigenvalue weighted by Crippen LogP contribution is 1.59. The molecule has 3 N–H and O–H groups in total. The molecule has 0 rings (SSSR count). The molecule has 3 nitrogen and oxygen atoms in total. The van der Waals surface area contributed by atoms with E-state index in [2.05, 4.69) is 0 Å². The highest BCUT2D eigenvalue weighted by Gasteiger charge is 1.95. The summed E-state index contributed by atoms with van der Waals surface area (Å²) < 4.78 is 21.6. The van der Waals surface area contributed by atoms with Gasteiger partial charge in [-0.1, -0.05) is 0 Å². The van der Waals surface area contributed by atoms with E-state index in [1.165, 1.54) is 0 Å². The van der Waals surface area contributed by atoms with Crippen LogP contribution in [-0.4, -0.2) is 13.7 Å². The predicted octanol–water partition coefficient (Wildman–Crippen LogP) is 0.0237. The topological polar surface area (TPSA) is 60.7 Å². The van der Waals surface area contributed by atoms with E-state index in [1.807, 2.05) is 0 Å². The Balaban J connectivity index is 2.32. The van der Waals surface area contributed by atoms with E-state index in [-0.39, 0.29) is 0 Å². The van der Waals surface area contributed by atoms with Crippen LogP contribution in [0.4, 0.5) is 0 Å². The lowest BCUT2D eigenvalue weighted by molar-refractivity contribution is 0.395. The summed E-state index contributed by atoms with van der Waals surface area (Å²) in [7, 11) is 0. The molecule has 0 atom stereocenters. The van der Waals surface area contributed by atoms with Crippen LogP contribution in [0.15, 0.2) is 0 Å². The zero-order chi connectivity index (χ0) is 3.58. The summed E-state index contributed by atoms with van der Waals surface area (Å²) in [6, 6.07) is 0. The molecule has 0 aliphatic carbocycles. The van der Waals surface area contributed by atoms with Gasteiger partial charge in [0.15, 0.2) is 0 Å². The van der Waals surface area contributed by atoms with Gasteiger partial charge in [-0.25, -0.2) is 0 Å². The molecule has 0 fully saturated rings. The SMILES string of the molecule is O[S+](O)O. The third kappa shape index (κ3) is 63.8. The van der Waals surface area contributed by atoms with E-state index in [0.717, 1.165) is 0 Å². The van der Waals surface area contributed by atoms with Crippen molar-refractivity contribution < 1.29 is 13.7 Å². The molecule has 4 heavy (non-hydrogen) atoms. The molecule has 0 bridgehead atoms. The van der Waals surface area contributed by atoms with Crippen molar-refractivity contribution in [2.75, 3.05) is 0 Å². The zero-order valence-electron chi connectivity index (χ0n) is 1.75. The van der Waals surface area contributed by atoms with Gasteiger partial charge in [0.1, 0.15) is 0 Å². The number of hydrogen-bond acceptors (Lipinski definition) is 3. The van der Waals surface area contributed by atoms with E-state index in [1.54, 1.807) is 0 Å². The van der Waals surface area contributed by atoms with Gasteiger partial charge in [-0.3, -0.25) is 0 Å². The first-order valence-corrected chi connectivity index (χ1v) is 1.64. The largest absolute Gasteiger partial charge is 0.499 e. The fraction of sp³-hybridized carbons (Fsp3) is 0. The van der Waals surface area contributed by atoms with Crippen LogP contribution in [0.5, 0.6) is 0 Å². The Bertz CT molecular complexity index is 8.00. The summed E-state index contributed by atoms with van der Waals surface area (Å²) in [5.41, 5.74) is 0. The predicted molar refractivity (Wildman–Crippen MR) is 15.3 cm³/mol. The third-order valence-corrected chi connectivity index (χ3v) is 0.